The molecule has 0 unspecified atom stereocenters. The van der Waals surface area contributed by atoms with Crippen LogP contribution in [0.1, 0.15) is 0 Å². The van der Waals surface area contributed by atoms with Crippen molar-refractivity contribution in [3.05, 3.63) is 200 Å². The third-order valence-electron chi connectivity index (χ3n) is 12.4. The van der Waals surface area contributed by atoms with Gasteiger partial charge in [0.05, 0.1) is 44.3 Å². The molecule has 4 heterocycles. The first-order valence-electron chi connectivity index (χ1n) is 19.7. The summed E-state index contributed by atoms with van der Waals surface area (Å²) in [7, 11) is 0. The number of rotatable bonds is 2. The Bertz CT molecular complexity index is 3770. The van der Waals surface area contributed by atoms with Gasteiger partial charge in [-0.2, -0.15) is 0 Å². The normalized spacial score (nSPS) is 12.2. The lowest BCUT2D eigenvalue weighted by Crippen LogP contribution is -1.96. The van der Waals surface area contributed by atoms with E-state index in [1.54, 1.807) is 0 Å². The van der Waals surface area contributed by atoms with Crippen LogP contribution >= 0.6 is 0 Å². The fourth-order valence-electron chi connectivity index (χ4n) is 10.1. The zero-order valence-electron chi connectivity index (χ0n) is 30.9. The molecular formula is C54H33N3. The molecule has 13 rings (SSSR count). The summed E-state index contributed by atoms with van der Waals surface area (Å²) in [6.07, 6.45) is 0. The van der Waals surface area contributed by atoms with Crippen molar-refractivity contribution in [2.24, 2.45) is 0 Å². The number of nitrogens with zero attached hydrogens (tertiary/aromatic N) is 3. The number of fused-ring (bicyclic) bond motifs is 16. The van der Waals surface area contributed by atoms with Crippen LogP contribution in [-0.2, 0) is 0 Å². The lowest BCUT2D eigenvalue weighted by Gasteiger charge is -2.13. The Morgan fingerprint density at radius 1 is 0.246 bits per heavy atom. The van der Waals surface area contributed by atoms with E-state index in [1.807, 2.05) is 0 Å². The number of hydrogen-bond donors (Lipinski definition) is 0. The second kappa shape index (κ2) is 11.5. The van der Waals surface area contributed by atoms with Crippen LogP contribution in [0.2, 0.25) is 0 Å². The van der Waals surface area contributed by atoms with Crippen LogP contribution in [0.15, 0.2) is 200 Å². The summed E-state index contributed by atoms with van der Waals surface area (Å²) in [5.41, 5.74) is 10.7. The summed E-state index contributed by atoms with van der Waals surface area (Å²) in [6.45, 7) is 0. The third-order valence-corrected chi connectivity index (χ3v) is 12.4. The molecule has 264 valence electrons. The molecule has 0 spiro atoms. The summed E-state index contributed by atoms with van der Waals surface area (Å²) in [5, 5.41) is 14.8. The first-order chi connectivity index (χ1) is 28.3. The van der Waals surface area contributed by atoms with Gasteiger partial charge in [0.15, 0.2) is 0 Å². The van der Waals surface area contributed by atoms with E-state index in [-0.39, 0.29) is 0 Å². The van der Waals surface area contributed by atoms with Crippen molar-refractivity contribution in [1.82, 2.24) is 13.5 Å². The Labute approximate surface area is 327 Å². The van der Waals surface area contributed by atoms with E-state index in [9.17, 15) is 0 Å². The van der Waals surface area contributed by atoms with Gasteiger partial charge < -0.3 is 13.5 Å². The van der Waals surface area contributed by atoms with Crippen LogP contribution in [0, 0.1) is 0 Å². The zero-order valence-corrected chi connectivity index (χ0v) is 30.9. The molecule has 0 N–H and O–H groups in total. The van der Waals surface area contributed by atoms with Gasteiger partial charge in [0.2, 0.25) is 0 Å². The fraction of sp³-hybridized carbons (Fsp3) is 0. The van der Waals surface area contributed by atoms with Gasteiger partial charge in [0.1, 0.15) is 0 Å². The molecule has 0 saturated heterocycles. The van der Waals surface area contributed by atoms with Crippen LogP contribution in [0.3, 0.4) is 0 Å². The fourth-order valence-corrected chi connectivity index (χ4v) is 10.1. The summed E-state index contributed by atoms with van der Waals surface area (Å²) >= 11 is 0. The lowest BCUT2D eigenvalue weighted by atomic mass is 9.99. The summed E-state index contributed by atoms with van der Waals surface area (Å²) in [5.74, 6) is 0. The molecule has 0 fully saturated rings. The molecule has 9 aromatic carbocycles. The van der Waals surface area contributed by atoms with Crippen molar-refractivity contribution < 1.29 is 0 Å². The zero-order chi connectivity index (χ0) is 37.2. The maximum absolute atomic E-state index is 2.54. The highest BCUT2D eigenvalue weighted by atomic mass is 15.0. The van der Waals surface area contributed by atoms with Gasteiger partial charge in [0.25, 0.3) is 0 Å². The highest BCUT2D eigenvalue weighted by Gasteiger charge is 2.20. The van der Waals surface area contributed by atoms with E-state index in [2.05, 4.69) is 214 Å². The van der Waals surface area contributed by atoms with Crippen molar-refractivity contribution >= 4 is 103 Å². The quantitative estimate of drug-likeness (QED) is 0.169. The molecule has 0 radical (unpaired) electrons. The maximum Gasteiger partial charge on any atom is 0.0619 e. The van der Waals surface area contributed by atoms with Crippen molar-refractivity contribution in [2.75, 3.05) is 0 Å². The smallest absolute Gasteiger partial charge is 0.0619 e. The molecule has 0 bridgehead atoms. The van der Waals surface area contributed by atoms with Crippen LogP contribution in [0.25, 0.3) is 115 Å². The molecular weight excluding hydrogens is 691 g/mol. The van der Waals surface area contributed by atoms with E-state index in [1.165, 1.54) is 103 Å². The molecule has 0 aliphatic carbocycles. The summed E-state index contributed by atoms with van der Waals surface area (Å²) < 4.78 is 7.45. The van der Waals surface area contributed by atoms with Crippen molar-refractivity contribution in [3.8, 4) is 11.4 Å². The van der Waals surface area contributed by atoms with E-state index in [4.69, 9.17) is 0 Å². The van der Waals surface area contributed by atoms with Crippen molar-refractivity contribution in [1.29, 1.82) is 0 Å². The Kier molecular flexibility index (Phi) is 6.16. The molecule has 57 heavy (non-hydrogen) atoms. The van der Waals surface area contributed by atoms with Crippen LogP contribution < -0.4 is 0 Å². The van der Waals surface area contributed by atoms with Crippen LogP contribution in [0.5, 0.6) is 0 Å². The summed E-state index contributed by atoms with van der Waals surface area (Å²) in [6, 6.07) is 74.0. The third kappa shape index (κ3) is 4.10. The minimum Gasteiger partial charge on any atom is -0.309 e. The standard InChI is InChI=1S/C54H33N3/c1-2-16-36-35(15-1)41-22-14-30-52(56-48-27-10-5-19-39(48)40-20-6-11-28-49(40)56)53(41)44-21-7-12-29-50(44)57-51-32-31-34(33-45(51)43-24-13-23-42(36)54(43)57)55-46-25-8-3-17-37(46)38-18-4-9-26-47(38)55/h1-33H. The van der Waals surface area contributed by atoms with Crippen LogP contribution in [0.4, 0.5) is 0 Å². The van der Waals surface area contributed by atoms with Gasteiger partial charge >= 0.3 is 0 Å². The maximum atomic E-state index is 2.54. The Morgan fingerprint density at radius 3 is 1.25 bits per heavy atom. The van der Waals surface area contributed by atoms with Crippen molar-refractivity contribution in [3.63, 3.8) is 0 Å². The molecule has 0 aliphatic rings. The van der Waals surface area contributed by atoms with Crippen molar-refractivity contribution in [2.45, 2.75) is 0 Å². The lowest BCUT2D eigenvalue weighted by molar-refractivity contribution is 1.18. The Hall–Kier alpha value is -7.62. The predicted molar refractivity (Wildman–Crippen MR) is 242 cm³/mol. The number of aromatic nitrogens is 3. The molecule has 0 amide bonds. The van der Waals surface area contributed by atoms with E-state index in [0.717, 1.165) is 11.2 Å². The van der Waals surface area contributed by atoms with Gasteiger partial charge in [-0.25, -0.2) is 0 Å². The molecule has 3 nitrogen and oxygen atoms in total. The SMILES string of the molecule is c1ccc2c(c1)c1cccc(-n3c4ccccc4c4ccccc43)c1c1ccccc1n1c3ccc(-n4c5ccccc5c5ccccc54)cc3c3cccc2c31. The molecule has 0 saturated carbocycles. The minimum absolute atomic E-state index is 1.16. The topological polar surface area (TPSA) is 14.3 Å². The molecule has 0 aliphatic heterocycles. The van der Waals surface area contributed by atoms with Gasteiger partial charge in [-0.1, -0.05) is 146 Å². The first kappa shape index (κ1) is 30.7. The monoisotopic (exact) mass is 723 g/mol. The molecule has 0 atom stereocenters. The van der Waals surface area contributed by atoms with Gasteiger partial charge in [-0.05, 0) is 70.8 Å². The second-order valence-corrected chi connectivity index (χ2v) is 15.2. The number of para-hydroxylation sites is 6. The predicted octanol–water partition coefficient (Wildman–Crippen LogP) is 14.5. The average molecular weight is 724 g/mol. The Morgan fingerprint density at radius 2 is 0.649 bits per heavy atom. The highest BCUT2D eigenvalue weighted by molar-refractivity contribution is 6.27. The highest BCUT2D eigenvalue weighted by Crippen LogP contribution is 2.43. The van der Waals surface area contributed by atoms with Gasteiger partial charge in [0, 0.05) is 54.2 Å². The summed E-state index contributed by atoms with van der Waals surface area (Å²) in [4.78, 5) is 0. The minimum atomic E-state index is 1.16. The number of benzene rings is 9. The van der Waals surface area contributed by atoms with Gasteiger partial charge in [-0.15, -0.1) is 0 Å². The molecule has 4 aromatic heterocycles. The second-order valence-electron chi connectivity index (χ2n) is 15.2. The van der Waals surface area contributed by atoms with E-state index < -0.39 is 0 Å². The first-order valence-corrected chi connectivity index (χ1v) is 19.7. The largest absolute Gasteiger partial charge is 0.309 e. The molecule has 13 aromatic rings. The average Bonchev–Trinajstić information content (AvgIpc) is 3.92. The van der Waals surface area contributed by atoms with Gasteiger partial charge in [-0.3, -0.25) is 0 Å². The van der Waals surface area contributed by atoms with Crippen LogP contribution in [-0.4, -0.2) is 13.5 Å². The van der Waals surface area contributed by atoms with E-state index in [0.29, 0.717) is 0 Å². The molecule has 3 heteroatoms. The Balaban J connectivity index is 1.26. The van der Waals surface area contributed by atoms with E-state index >= 15 is 0 Å². The number of hydrogen-bond acceptors (Lipinski definition) is 0.